The second-order valence-electron chi connectivity index (χ2n) is 4.52. The smallest absolute Gasteiger partial charge is 0.138 e. The molecule has 2 rings (SSSR count). The lowest BCUT2D eigenvalue weighted by Gasteiger charge is -2.07. The maximum absolute atomic E-state index is 9.73. The van der Waals surface area contributed by atoms with Gasteiger partial charge in [-0.05, 0) is 24.8 Å². The van der Waals surface area contributed by atoms with E-state index in [-0.39, 0.29) is 5.75 Å². The molecule has 1 aliphatic rings. The fourth-order valence-corrected chi connectivity index (χ4v) is 2.33. The molecule has 16 heavy (non-hydrogen) atoms. The average molecular weight is 240 g/mol. The van der Waals surface area contributed by atoms with Crippen molar-refractivity contribution in [3.05, 3.63) is 28.8 Å². The van der Waals surface area contributed by atoms with Crippen molar-refractivity contribution in [1.29, 1.82) is 0 Å². The molecule has 0 bridgehead atoms. The first kappa shape index (κ1) is 11.7. The first-order chi connectivity index (χ1) is 7.72. The predicted molar refractivity (Wildman–Crippen MR) is 66.8 cm³/mol. The van der Waals surface area contributed by atoms with Crippen LogP contribution >= 0.6 is 11.6 Å². The Kier molecular flexibility index (Phi) is 3.72. The van der Waals surface area contributed by atoms with E-state index in [0.717, 1.165) is 11.5 Å². The van der Waals surface area contributed by atoms with Crippen LogP contribution < -0.4 is 5.32 Å². The van der Waals surface area contributed by atoms with Gasteiger partial charge in [0, 0.05) is 18.2 Å². The Labute approximate surface area is 102 Å². The summed E-state index contributed by atoms with van der Waals surface area (Å²) < 4.78 is 0. The Bertz CT molecular complexity index is 367. The highest BCUT2D eigenvalue weighted by molar-refractivity contribution is 6.32. The molecule has 0 heterocycles. The van der Waals surface area contributed by atoms with Gasteiger partial charge in [-0.2, -0.15) is 0 Å². The maximum Gasteiger partial charge on any atom is 0.138 e. The van der Waals surface area contributed by atoms with Crippen LogP contribution in [0.15, 0.2) is 18.2 Å². The summed E-state index contributed by atoms with van der Waals surface area (Å²) in [7, 11) is 0. The largest absolute Gasteiger partial charge is 0.506 e. The molecule has 3 heteroatoms. The fourth-order valence-electron chi connectivity index (χ4n) is 2.13. The molecule has 0 radical (unpaired) electrons. The Hall–Kier alpha value is -0.730. The van der Waals surface area contributed by atoms with Gasteiger partial charge in [0.2, 0.25) is 0 Å². The summed E-state index contributed by atoms with van der Waals surface area (Å²) in [6.07, 6.45) is 3.83. The lowest BCUT2D eigenvalue weighted by molar-refractivity contribution is 0.463. The van der Waals surface area contributed by atoms with E-state index in [1.165, 1.54) is 19.3 Å². The molecule has 1 aromatic rings. The average Bonchev–Trinajstić information content (AvgIpc) is 3.00. The van der Waals surface area contributed by atoms with Crippen molar-refractivity contribution in [3.63, 3.8) is 0 Å². The molecule has 0 aliphatic heterocycles. The molecule has 2 unspecified atom stereocenters. The Balaban J connectivity index is 1.84. The van der Waals surface area contributed by atoms with Crippen molar-refractivity contribution in [1.82, 2.24) is 5.32 Å². The van der Waals surface area contributed by atoms with Crippen molar-refractivity contribution >= 4 is 11.6 Å². The Morgan fingerprint density at radius 2 is 2.31 bits per heavy atom. The molecule has 1 fully saturated rings. The second-order valence-corrected chi connectivity index (χ2v) is 4.93. The molecule has 1 saturated carbocycles. The summed E-state index contributed by atoms with van der Waals surface area (Å²) in [6.45, 7) is 2.93. The van der Waals surface area contributed by atoms with Crippen LogP contribution in [0.4, 0.5) is 0 Å². The number of phenols is 1. The molecular formula is C13H18ClNO. The van der Waals surface area contributed by atoms with Crippen LogP contribution in [0.5, 0.6) is 5.75 Å². The van der Waals surface area contributed by atoms with E-state index in [9.17, 15) is 5.11 Å². The van der Waals surface area contributed by atoms with Gasteiger partial charge in [0.1, 0.15) is 5.75 Å². The van der Waals surface area contributed by atoms with Gasteiger partial charge in [-0.15, -0.1) is 0 Å². The van der Waals surface area contributed by atoms with E-state index in [1.54, 1.807) is 6.07 Å². The minimum absolute atomic E-state index is 0.212. The van der Waals surface area contributed by atoms with Crippen LogP contribution in [0.1, 0.15) is 31.7 Å². The third-order valence-electron chi connectivity index (χ3n) is 3.21. The number of benzene rings is 1. The first-order valence-corrected chi connectivity index (χ1v) is 6.30. The monoisotopic (exact) mass is 239 g/mol. The minimum Gasteiger partial charge on any atom is -0.506 e. The van der Waals surface area contributed by atoms with E-state index in [1.807, 2.05) is 12.1 Å². The standard InChI is InChI=1S/C13H18ClNO/c1-2-4-9-7-12(9)15-8-10-5-3-6-11(14)13(10)16/h3,5-6,9,12,15-16H,2,4,7-8H2,1H3. The first-order valence-electron chi connectivity index (χ1n) is 5.92. The molecule has 2 nitrogen and oxygen atoms in total. The van der Waals surface area contributed by atoms with E-state index in [4.69, 9.17) is 11.6 Å². The van der Waals surface area contributed by atoms with Crippen LogP contribution in [0, 0.1) is 5.92 Å². The summed E-state index contributed by atoms with van der Waals surface area (Å²) in [4.78, 5) is 0. The summed E-state index contributed by atoms with van der Waals surface area (Å²) in [5, 5.41) is 13.6. The molecule has 1 aromatic carbocycles. The van der Waals surface area contributed by atoms with Crippen LogP contribution in [-0.4, -0.2) is 11.1 Å². The quantitative estimate of drug-likeness (QED) is 0.826. The Morgan fingerprint density at radius 3 is 3.06 bits per heavy atom. The number of aromatic hydroxyl groups is 1. The van der Waals surface area contributed by atoms with Crippen molar-refractivity contribution in [2.24, 2.45) is 5.92 Å². The number of para-hydroxylation sites is 1. The molecule has 0 amide bonds. The van der Waals surface area contributed by atoms with E-state index >= 15 is 0 Å². The van der Waals surface area contributed by atoms with Gasteiger partial charge in [0.05, 0.1) is 5.02 Å². The summed E-state index contributed by atoms with van der Waals surface area (Å²) in [5.74, 6) is 1.05. The molecule has 0 aromatic heterocycles. The van der Waals surface area contributed by atoms with Gasteiger partial charge in [0.15, 0.2) is 0 Å². The number of rotatable bonds is 5. The van der Waals surface area contributed by atoms with Crippen molar-refractivity contribution in [2.75, 3.05) is 0 Å². The zero-order chi connectivity index (χ0) is 11.5. The third-order valence-corrected chi connectivity index (χ3v) is 3.51. The molecule has 88 valence electrons. The third kappa shape index (κ3) is 2.69. The summed E-state index contributed by atoms with van der Waals surface area (Å²) in [5.41, 5.74) is 0.884. The maximum atomic E-state index is 9.73. The lowest BCUT2D eigenvalue weighted by Crippen LogP contribution is -2.17. The highest BCUT2D eigenvalue weighted by Crippen LogP contribution is 2.35. The topological polar surface area (TPSA) is 32.3 Å². The van der Waals surface area contributed by atoms with Crippen LogP contribution in [0.25, 0.3) is 0 Å². The van der Waals surface area contributed by atoms with E-state index in [2.05, 4.69) is 12.2 Å². The normalized spacial score (nSPS) is 23.4. The van der Waals surface area contributed by atoms with Gasteiger partial charge in [-0.25, -0.2) is 0 Å². The van der Waals surface area contributed by atoms with Crippen LogP contribution in [0.3, 0.4) is 0 Å². The number of halogens is 1. The fraction of sp³-hybridized carbons (Fsp3) is 0.538. The number of nitrogens with one attached hydrogen (secondary N) is 1. The summed E-state index contributed by atoms with van der Waals surface area (Å²) in [6, 6.07) is 6.12. The lowest BCUT2D eigenvalue weighted by atomic mass is 10.2. The second kappa shape index (κ2) is 5.07. The molecule has 2 atom stereocenters. The van der Waals surface area contributed by atoms with E-state index in [0.29, 0.717) is 17.6 Å². The van der Waals surface area contributed by atoms with Crippen molar-refractivity contribution in [2.45, 2.75) is 38.8 Å². The Morgan fingerprint density at radius 1 is 1.50 bits per heavy atom. The number of hydrogen-bond acceptors (Lipinski definition) is 2. The van der Waals surface area contributed by atoms with Gasteiger partial charge >= 0.3 is 0 Å². The molecule has 0 spiro atoms. The number of hydrogen-bond donors (Lipinski definition) is 2. The van der Waals surface area contributed by atoms with Crippen LogP contribution in [0.2, 0.25) is 5.02 Å². The zero-order valence-electron chi connectivity index (χ0n) is 9.54. The van der Waals surface area contributed by atoms with Gasteiger partial charge in [0.25, 0.3) is 0 Å². The molecule has 2 N–H and O–H groups in total. The molecule has 1 aliphatic carbocycles. The molecular weight excluding hydrogens is 222 g/mol. The van der Waals surface area contributed by atoms with Crippen molar-refractivity contribution < 1.29 is 5.11 Å². The highest BCUT2D eigenvalue weighted by atomic mass is 35.5. The molecule has 0 saturated heterocycles. The van der Waals surface area contributed by atoms with Gasteiger partial charge in [-0.3, -0.25) is 0 Å². The highest BCUT2D eigenvalue weighted by Gasteiger charge is 2.35. The number of phenolic OH excluding ortho intramolecular Hbond substituents is 1. The minimum atomic E-state index is 0.212. The predicted octanol–water partition coefficient (Wildman–Crippen LogP) is 3.32. The van der Waals surface area contributed by atoms with E-state index < -0.39 is 0 Å². The van der Waals surface area contributed by atoms with Gasteiger partial charge in [-0.1, -0.05) is 37.1 Å². The summed E-state index contributed by atoms with van der Waals surface area (Å²) >= 11 is 5.85. The van der Waals surface area contributed by atoms with Crippen molar-refractivity contribution in [3.8, 4) is 5.75 Å². The zero-order valence-corrected chi connectivity index (χ0v) is 10.3. The SMILES string of the molecule is CCCC1CC1NCc1cccc(Cl)c1O. The van der Waals surface area contributed by atoms with Gasteiger partial charge < -0.3 is 10.4 Å². The van der Waals surface area contributed by atoms with Crippen LogP contribution in [-0.2, 0) is 6.54 Å².